The third-order valence-corrected chi connectivity index (χ3v) is 5.27. The van der Waals surface area contributed by atoms with Gasteiger partial charge in [-0.25, -0.2) is 8.78 Å². The van der Waals surface area contributed by atoms with Crippen LogP contribution in [-0.4, -0.2) is 34.0 Å². The quantitative estimate of drug-likeness (QED) is 0.635. The Morgan fingerprint density at radius 3 is 2.66 bits per heavy atom. The molecule has 29 heavy (non-hydrogen) atoms. The van der Waals surface area contributed by atoms with Crippen LogP contribution < -0.4 is 5.73 Å². The first-order valence-corrected chi connectivity index (χ1v) is 9.68. The molecular formula is C22H22F2N4O. The van der Waals surface area contributed by atoms with Crippen molar-refractivity contribution in [2.75, 3.05) is 18.8 Å². The molecule has 5 nitrogen and oxygen atoms in total. The first-order valence-electron chi connectivity index (χ1n) is 9.68. The zero-order chi connectivity index (χ0) is 20.4. The average molecular weight is 396 g/mol. The molecule has 3 aromatic rings. The van der Waals surface area contributed by atoms with Crippen LogP contribution in [0.15, 0.2) is 42.5 Å². The van der Waals surface area contributed by atoms with Crippen molar-refractivity contribution in [3.8, 4) is 11.3 Å². The molecule has 1 aliphatic rings. The Kier molecular flexibility index (Phi) is 5.40. The molecule has 0 atom stereocenters. The third-order valence-electron chi connectivity index (χ3n) is 5.27. The zero-order valence-corrected chi connectivity index (χ0v) is 15.9. The van der Waals surface area contributed by atoms with Crippen LogP contribution in [0.3, 0.4) is 0 Å². The minimum absolute atomic E-state index is 0.0184. The molecule has 0 bridgehead atoms. The van der Waals surface area contributed by atoms with Crippen molar-refractivity contribution in [2.24, 2.45) is 0 Å². The van der Waals surface area contributed by atoms with Gasteiger partial charge in [-0.2, -0.15) is 5.10 Å². The molecule has 2 heterocycles. The second-order valence-electron chi connectivity index (χ2n) is 7.35. The number of aromatic nitrogens is 2. The van der Waals surface area contributed by atoms with Gasteiger partial charge in [0.1, 0.15) is 11.6 Å². The van der Waals surface area contributed by atoms with Crippen LogP contribution in [0.25, 0.3) is 11.3 Å². The minimum atomic E-state index is -0.790. The molecule has 150 valence electrons. The fourth-order valence-corrected chi connectivity index (χ4v) is 3.80. The van der Waals surface area contributed by atoms with Crippen LogP contribution >= 0.6 is 0 Å². The first-order chi connectivity index (χ1) is 14.0. The molecule has 0 spiro atoms. The number of benzene rings is 2. The predicted molar refractivity (Wildman–Crippen MR) is 107 cm³/mol. The van der Waals surface area contributed by atoms with E-state index in [-0.39, 0.29) is 28.4 Å². The van der Waals surface area contributed by atoms with Crippen molar-refractivity contribution in [3.05, 3.63) is 70.8 Å². The molecule has 0 aliphatic carbocycles. The maximum absolute atomic E-state index is 14.3. The van der Waals surface area contributed by atoms with Gasteiger partial charge in [-0.3, -0.25) is 14.8 Å². The summed E-state index contributed by atoms with van der Waals surface area (Å²) in [5.41, 5.74) is 7.69. The first kappa shape index (κ1) is 19.3. The predicted octanol–water partition coefficient (Wildman–Crippen LogP) is 4.15. The Labute approximate surface area is 167 Å². The third kappa shape index (κ3) is 4.05. The molecule has 0 amide bonds. The van der Waals surface area contributed by atoms with Crippen molar-refractivity contribution >= 4 is 11.6 Å². The number of nitrogens with two attached hydrogens (primary N) is 1. The van der Waals surface area contributed by atoms with Gasteiger partial charge in [-0.05, 0) is 49.7 Å². The van der Waals surface area contributed by atoms with Gasteiger partial charge in [0.05, 0.1) is 11.3 Å². The van der Waals surface area contributed by atoms with Crippen molar-refractivity contribution in [1.29, 1.82) is 0 Å². The molecule has 3 N–H and O–H groups in total. The second-order valence-corrected chi connectivity index (χ2v) is 7.35. The number of nitrogens with zero attached hydrogens (tertiary/aromatic N) is 2. The molecule has 1 fully saturated rings. The normalized spacial score (nSPS) is 14.8. The van der Waals surface area contributed by atoms with Gasteiger partial charge < -0.3 is 5.73 Å². The molecular weight excluding hydrogens is 374 g/mol. The van der Waals surface area contributed by atoms with Crippen LogP contribution in [0.5, 0.6) is 0 Å². The number of aromatic amines is 1. The number of piperidine rings is 1. The van der Waals surface area contributed by atoms with E-state index in [0.29, 0.717) is 5.56 Å². The van der Waals surface area contributed by atoms with Gasteiger partial charge in [0, 0.05) is 23.7 Å². The van der Waals surface area contributed by atoms with E-state index in [1.807, 2.05) is 18.2 Å². The largest absolute Gasteiger partial charge is 0.382 e. The maximum Gasteiger partial charge on any atom is 0.198 e. The Balaban J connectivity index is 1.65. The Hall–Kier alpha value is -3.06. The number of rotatable bonds is 5. The van der Waals surface area contributed by atoms with E-state index < -0.39 is 11.6 Å². The van der Waals surface area contributed by atoms with E-state index in [1.54, 1.807) is 6.07 Å². The van der Waals surface area contributed by atoms with Crippen molar-refractivity contribution in [1.82, 2.24) is 15.1 Å². The van der Waals surface area contributed by atoms with Gasteiger partial charge in [0.15, 0.2) is 11.6 Å². The number of likely N-dealkylation sites (tertiary alicyclic amines) is 1. The number of nitrogens with one attached hydrogen (secondary N) is 1. The molecule has 4 rings (SSSR count). The fourth-order valence-electron chi connectivity index (χ4n) is 3.80. The number of anilines is 1. The lowest BCUT2D eigenvalue weighted by Gasteiger charge is -2.26. The smallest absolute Gasteiger partial charge is 0.198 e. The lowest BCUT2D eigenvalue weighted by Crippen LogP contribution is -2.29. The Morgan fingerprint density at radius 2 is 1.90 bits per heavy atom. The molecule has 1 aliphatic heterocycles. The van der Waals surface area contributed by atoms with Gasteiger partial charge in [0.25, 0.3) is 0 Å². The molecule has 0 unspecified atom stereocenters. The number of nitrogen functional groups attached to an aromatic ring is 1. The number of ketones is 1. The van der Waals surface area contributed by atoms with Crippen LogP contribution in [0.2, 0.25) is 0 Å². The number of hydrogen-bond acceptors (Lipinski definition) is 4. The highest BCUT2D eigenvalue weighted by atomic mass is 19.1. The molecule has 7 heteroatoms. The summed E-state index contributed by atoms with van der Waals surface area (Å²) < 4.78 is 27.5. The van der Waals surface area contributed by atoms with Gasteiger partial charge >= 0.3 is 0 Å². The highest BCUT2D eigenvalue weighted by molar-refractivity contribution is 6.15. The molecule has 0 saturated carbocycles. The van der Waals surface area contributed by atoms with Crippen molar-refractivity contribution < 1.29 is 13.6 Å². The number of hydrogen-bond donors (Lipinski definition) is 2. The highest BCUT2D eigenvalue weighted by Gasteiger charge is 2.23. The summed E-state index contributed by atoms with van der Waals surface area (Å²) in [4.78, 5) is 15.6. The summed E-state index contributed by atoms with van der Waals surface area (Å²) in [6, 6.07) is 10.5. The standard InChI is InChI=1S/C22H22F2N4O/c23-16-7-8-17(18(24)12-16)20-19(22(25)27-26-20)21(29)15-6-4-5-14(11-15)13-28-9-2-1-3-10-28/h4-8,11-12H,1-3,9-10,13H2,(H3,25,26,27). The number of halogens is 2. The molecule has 2 aromatic carbocycles. The average Bonchev–Trinajstić information content (AvgIpc) is 3.09. The van der Waals surface area contributed by atoms with Crippen LogP contribution in [0.1, 0.15) is 40.7 Å². The van der Waals surface area contributed by atoms with Gasteiger partial charge in [-0.15, -0.1) is 0 Å². The highest BCUT2D eigenvalue weighted by Crippen LogP contribution is 2.30. The number of carbonyl (C=O) groups excluding carboxylic acids is 1. The molecule has 0 radical (unpaired) electrons. The monoisotopic (exact) mass is 396 g/mol. The van der Waals surface area contributed by atoms with Crippen LogP contribution in [0, 0.1) is 11.6 Å². The SMILES string of the molecule is Nc1n[nH]c(-c2ccc(F)cc2F)c1C(=O)c1cccc(CN2CCCCC2)c1. The van der Waals surface area contributed by atoms with Crippen LogP contribution in [-0.2, 0) is 6.54 Å². The molecule has 1 aromatic heterocycles. The Bertz CT molecular complexity index is 1040. The van der Waals surface area contributed by atoms with Gasteiger partial charge in [0.2, 0.25) is 0 Å². The zero-order valence-electron chi connectivity index (χ0n) is 15.9. The second kappa shape index (κ2) is 8.13. The van der Waals surface area contributed by atoms with E-state index >= 15 is 0 Å². The van der Waals surface area contributed by atoms with E-state index in [9.17, 15) is 13.6 Å². The van der Waals surface area contributed by atoms with Gasteiger partial charge in [-0.1, -0.05) is 24.6 Å². The minimum Gasteiger partial charge on any atom is -0.382 e. The van der Waals surface area contributed by atoms with Crippen LogP contribution in [0.4, 0.5) is 14.6 Å². The summed E-state index contributed by atoms with van der Waals surface area (Å²) in [6.45, 7) is 2.89. The summed E-state index contributed by atoms with van der Waals surface area (Å²) in [6.07, 6.45) is 3.64. The molecule has 1 saturated heterocycles. The van der Waals surface area contributed by atoms with Crippen molar-refractivity contribution in [2.45, 2.75) is 25.8 Å². The summed E-state index contributed by atoms with van der Waals surface area (Å²) in [7, 11) is 0. The van der Waals surface area contributed by atoms with E-state index in [4.69, 9.17) is 5.73 Å². The summed E-state index contributed by atoms with van der Waals surface area (Å²) in [5, 5.41) is 6.50. The van der Waals surface area contributed by atoms with Crippen molar-refractivity contribution in [3.63, 3.8) is 0 Å². The lowest BCUT2D eigenvalue weighted by molar-refractivity contribution is 0.104. The van der Waals surface area contributed by atoms with E-state index in [2.05, 4.69) is 15.1 Å². The fraction of sp³-hybridized carbons (Fsp3) is 0.273. The summed E-state index contributed by atoms with van der Waals surface area (Å²) in [5.74, 6) is -1.86. The Morgan fingerprint density at radius 1 is 1.10 bits per heavy atom. The lowest BCUT2D eigenvalue weighted by atomic mass is 9.97. The topological polar surface area (TPSA) is 75.0 Å². The number of H-pyrrole nitrogens is 1. The maximum atomic E-state index is 14.3. The number of carbonyl (C=O) groups is 1. The van der Waals surface area contributed by atoms with E-state index in [0.717, 1.165) is 37.3 Å². The summed E-state index contributed by atoms with van der Waals surface area (Å²) >= 11 is 0. The van der Waals surface area contributed by atoms with E-state index in [1.165, 1.54) is 25.3 Å².